The minimum Gasteiger partial charge on any atom is -0.339 e. The van der Waals surface area contributed by atoms with E-state index in [1.807, 2.05) is 53.4 Å². The van der Waals surface area contributed by atoms with Gasteiger partial charge in [-0.15, -0.1) is 0 Å². The average Bonchev–Trinajstić information content (AvgIpc) is 3.24. The zero-order valence-electron chi connectivity index (χ0n) is 18.9. The third-order valence-electron chi connectivity index (χ3n) is 6.74. The number of rotatable bonds is 5. The summed E-state index contributed by atoms with van der Waals surface area (Å²) in [6, 6.07) is 17.3. The van der Waals surface area contributed by atoms with E-state index in [9.17, 15) is 14.4 Å². The van der Waals surface area contributed by atoms with Gasteiger partial charge in [-0.3, -0.25) is 14.4 Å². The van der Waals surface area contributed by atoms with Crippen LogP contribution in [-0.4, -0.2) is 60.2 Å². The molecular formula is C26H31N3O3. The van der Waals surface area contributed by atoms with Crippen molar-refractivity contribution in [2.75, 3.05) is 37.6 Å². The molecule has 2 saturated heterocycles. The molecule has 0 bridgehead atoms. The molecule has 2 aliphatic heterocycles. The van der Waals surface area contributed by atoms with Crippen molar-refractivity contribution < 1.29 is 14.4 Å². The molecule has 0 radical (unpaired) electrons. The Balaban J connectivity index is 1.38. The number of nitrogens with zero attached hydrogens (tertiary/aromatic N) is 3. The van der Waals surface area contributed by atoms with Crippen LogP contribution in [0.5, 0.6) is 0 Å². The van der Waals surface area contributed by atoms with Crippen LogP contribution in [0.3, 0.4) is 0 Å². The molecule has 6 nitrogen and oxygen atoms in total. The van der Waals surface area contributed by atoms with Gasteiger partial charge >= 0.3 is 0 Å². The molecule has 2 aliphatic rings. The molecule has 168 valence electrons. The van der Waals surface area contributed by atoms with E-state index >= 15 is 0 Å². The summed E-state index contributed by atoms with van der Waals surface area (Å²) in [5.74, 6) is 0.0556. The lowest BCUT2D eigenvalue weighted by Gasteiger charge is -2.36. The smallest absolute Gasteiger partial charge is 0.253 e. The maximum absolute atomic E-state index is 13.2. The van der Waals surface area contributed by atoms with Crippen molar-refractivity contribution in [1.29, 1.82) is 0 Å². The fourth-order valence-electron chi connectivity index (χ4n) is 4.63. The Morgan fingerprint density at radius 1 is 0.938 bits per heavy atom. The lowest BCUT2D eigenvalue weighted by atomic mass is 9.96. The fourth-order valence-corrected chi connectivity index (χ4v) is 4.63. The zero-order valence-corrected chi connectivity index (χ0v) is 18.9. The lowest BCUT2D eigenvalue weighted by molar-refractivity contribution is -0.137. The second-order valence-electron chi connectivity index (χ2n) is 8.76. The molecule has 2 fully saturated rings. The third-order valence-corrected chi connectivity index (χ3v) is 6.74. The van der Waals surface area contributed by atoms with Crippen molar-refractivity contribution in [3.63, 3.8) is 0 Å². The molecule has 3 amide bonds. The van der Waals surface area contributed by atoms with Gasteiger partial charge in [0.2, 0.25) is 11.8 Å². The van der Waals surface area contributed by atoms with Gasteiger partial charge in [-0.25, -0.2) is 0 Å². The molecule has 0 aromatic heterocycles. The Labute approximate surface area is 189 Å². The summed E-state index contributed by atoms with van der Waals surface area (Å²) in [5, 5.41) is 0. The van der Waals surface area contributed by atoms with E-state index in [4.69, 9.17) is 0 Å². The summed E-state index contributed by atoms with van der Waals surface area (Å²) in [7, 11) is 0. The second-order valence-corrected chi connectivity index (χ2v) is 8.76. The van der Waals surface area contributed by atoms with Gasteiger partial charge in [-0.1, -0.05) is 50.2 Å². The fraction of sp³-hybridized carbons (Fsp3) is 0.423. The summed E-state index contributed by atoms with van der Waals surface area (Å²) in [4.78, 5) is 44.1. The highest BCUT2D eigenvalue weighted by Gasteiger charge is 2.39. The van der Waals surface area contributed by atoms with Crippen LogP contribution < -0.4 is 4.90 Å². The van der Waals surface area contributed by atoms with Crippen LogP contribution in [0.25, 0.3) is 0 Å². The molecule has 0 unspecified atom stereocenters. The number of hydrogen-bond acceptors (Lipinski definition) is 3. The maximum Gasteiger partial charge on any atom is 0.253 e. The van der Waals surface area contributed by atoms with Gasteiger partial charge in [0, 0.05) is 50.4 Å². The molecule has 0 aliphatic carbocycles. The predicted octanol–water partition coefficient (Wildman–Crippen LogP) is 3.54. The molecule has 0 N–H and O–H groups in total. The SMILES string of the molecule is CC[C@H](C)c1ccccc1N1C[C@@H](C(=O)N2CCN(C(=O)c3ccccc3)CC2)CC1=O. The van der Waals surface area contributed by atoms with Gasteiger partial charge in [0.15, 0.2) is 0 Å². The molecule has 2 atom stereocenters. The summed E-state index contributed by atoms with van der Waals surface area (Å²) < 4.78 is 0. The van der Waals surface area contributed by atoms with Crippen molar-refractivity contribution in [3.05, 3.63) is 65.7 Å². The number of anilines is 1. The Morgan fingerprint density at radius 3 is 2.25 bits per heavy atom. The van der Waals surface area contributed by atoms with Gasteiger partial charge < -0.3 is 14.7 Å². The molecular weight excluding hydrogens is 402 g/mol. The van der Waals surface area contributed by atoms with Crippen molar-refractivity contribution >= 4 is 23.4 Å². The zero-order chi connectivity index (χ0) is 22.7. The Bertz CT molecular complexity index is 983. The highest BCUT2D eigenvalue weighted by molar-refractivity contribution is 6.01. The van der Waals surface area contributed by atoms with Crippen LogP contribution in [-0.2, 0) is 9.59 Å². The van der Waals surface area contributed by atoms with E-state index < -0.39 is 0 Å². The number of benzene rings is 2. The van der Waals surface area contributed by atoms with E-state index in [-0.39, 0.29) is 30.1 Å². The summed E-state index contributed by atoms with van der Waals surface area (Å²) in [6.45, 7) is 6.77. The van der Waals surface area contributed by atoms with Crippen molar-refractivity contribution in [2.45, 2.75) is 32.6 Å². The van der Waals surface area contributed by atoms with Crippen LogP contribution in [0.1, 0.15) is 48.5 Å². The Kier molecular flexibility index (Phi) is 6.58. The Morgan fingerprint density at radius 2 is 1.56 bits per heavy atom. The molecule has 0 spiro atoms. The van der Waals surface area contributed by atoms with Gasteiger partial charge in [0.25, 0.3) is 5.91 Å². The van der Waals surface area contributed by atoms with E-state index in [2.05, 4.69) is 19.9 Å². The maximum atomic E-state index is 13.2. The van der Waals surface area contributed by atoms with Gasteiger partial charge in [0.05, 0.1) is 5.92 Å². The van der Waals surface area contributed by atoms with Crippen LogP contribution in [0.2, 0.25) is 0 Å². The van der Waals surface area contributed by atoms with E-state index in [1.54, 1.807) is 9.80 Å². The third kappa shape index (κ3) is 4.40. The largest absolute Gasteiger partial charge is 0.339 e. The molecule has 0 saturated carbocycles. The number of piperazine rings is 1. The number of carbonyl (C=O) groups is 3. The highest BCUT2D eigenvalue weighted by Crippen LogP contribution is 2.34. The Hall–Kier alpha value is -3.15. The minimum absolute atomic E-state index is 0.00145. The van der Waals surface area contributed by atoms with Crippen molar-refractivity contribution in [1.82, 2.24) is 9.80 Å². The van der Waals surface area contributed by atoms with Gasteiger partial charge in [-0.2, -0.15) is 0 Å². The first kappa shape index (κ1) is 22.1. The number of hydrogen-bond donors (Lipinski definition) is 0. The van der Waals surface area contributed by atoms with Crippen LogP contribution in [0.15, 0.2) is 54.6 Å². The van der Waals surface area contributed by atoms with Gasteiger partial charge in [-0.05, 0) is 36.1 Å². The molecule has 32 heavy (non-hydrogen) atoms. The monoisotopic (exact) mass is 433 g/mol. The van der Waals surface area contributed by atoms with E-state index in [1.165, 1.54) is 0 Å². The van der Waals surface area contributed by atoms with Crippen LogP contribution in [0.4, 0.5) is 5.69 Å². The quantitative estimate of drug-likeness (QED) is 0.725. The molecule has 6 heteroatoms. The summed E-state index contributed by atoms with van der Waals surface area (Å²) in [5.41, 5.74) is 2.76. The standard InChI is InChI=1S/C26H31N3O3/c1-3-19(2)22-11-7-8-12-23(22)29-18-21(17-24(29)30)26(32)28-15-13-27(14-16-28)25(31)20-9-5-4-6-10-20/h4-12,19,21H,3,13-18H2,1-2H3/t19-,21-/m0/s1. The number of para-hydroxylation sites is 1. The van der Waals surface area contributed by atoms with Crippen LogP contribution in [0, 0.1) is 5.92 Å². The number of carbonyl (C=O) groups excluding carboxylic acids is 3. The van der Waals surface area contributed by atoms with E-state index in [0.717, 1.165) is 17.7 Å². The number of amides is 3. The van der Waals surface area contributed by atoms with Crippen molar-refractivity contribution in [2.24, 2.45) is 5.92 Å². The minimum atomic E-state index is -0.330. The van der Waals surface area contributed by atoms with E-state index in [0.29, 0.717) is 44.2 Å². The van der Waals surface area contributed by atoms with Gasteiger partial charge in [0.1, 0.15) is 0 Å². The highest BCUT2D eigenvalue weighted by atomic mass is 16.2. The first-order chi connectivity index (χ1) is 15.5. The molecule has 4 rings (SSSR count). The van der Waals surface area contributed by atoms with Crippen LogP contribution >= 0.6 is 0 Å². The predicted molar refractivity (Wildman–Crippen MR) is 125 cm³/mol. The topological polar surface area (TPSA) is 60.9 Å². The first-order valence-electron chi connectivity index (χ1n) is 11.5. The summed E-state index contributed by atoms with van der Waals surface area (Å²) >= 11 is 0. The summed E-state index contributed by atoms with van der Waals surface area (Å²) in [6.07, 6.45) is 1.24. The lowest BCUT2D eigenvalue weighted by Crippen LogP contribution is -2.52. The normalized spacial score (nSPS) is 19.9. The second kappa shape index (κ2) is 9.55. The molecule has 2 heterocycles. The molecule has 2 aromatic rings. The first-order valence-corrected chi connectivity index (χ1v) is 11.5. The molecule has 2 aromatic carbocycles. The average molecular weight is 434 g/mol. The van der Waals surface area contributed by atoms with Crippen molar-refractivity contribution in [3.8, 4) is 0 Å².